The van der Waals surface area contributed by atoms with Crippen molar-refractivity contribution in [3.8, 4) is 0 Å². The molecule has 4 N–H and O–H groups in total. The van der Waals surface area contributed by atoms with Crippen molar-refractivity contribution in [2.24, 2.45) is 11.7 Å². The summed E-state index contributed by atoms with van der Waals surface area (Å²) in [6.07, 6.45) is 0.214. The fourth-order valence-electron chi connectivity index (χ4n) is 2.52. The summed E-state index contributed by atoms with van der Waals surface area (Å²) in [7, 11) is -3.61. The van der Waals surface area contributed by atoms with Gasteiger partial charge in [0, 0.05) is 6.92 Å². The number of amides is 3. The Hall–Kier alpha value is -2.42. The fraction of sp³-hybridized carbons (Fsp3) is 0.500. The van der Waals surface area contributed by atoms with Crippen LogP contribution in [0.4, 0.5) is 0 Å². The van der Waals surface area contributed by atoms with Gasteiger partial charge in [0.2, 0.25) is 17.7 Å². The minimum absolute atomic E-state index is 0.123. The molecular formula is C18H27N3O5S. The third-order valence-corrected chi connectivity index (χ3v) is 5.60. The van der Waals surface area contributed by atoms with E-state index in [2.05, 4.69) is 10.6 Å². The Morgan fingerprint density at radius 1 is 1.04 bits per heavy atom. The summed E-state index contributed by atoms with van der Waals surface area (Å²) in [6, 6.07) is 5.84. The number of primary amides is 1. The molecule has 0 bridgehead atoms. The van der Waals surface area contributed by atoms with Gasteiger partial charge in [0.15, 0.2) is 9.84 Å². The van der Waals surface area contributed by atoms with Crippen LogP contribution >= 0.6 is 0 Å². The molecule has 150 valence electrons. The van der Waals surface area contributed by atoms with Gasteiger partial charge in [-0.25, -0.2) is 8.42 Å². The highest BCUT2D eigenvalue weighted by Gasteiger charge is 2.27. The van der Waals surface area contributed by atoms with E-state index >= 15 is 0 Å². The van der Waals surface area contributed by atoms with Crippen molar-refractivity contribution in [1.29, 1.82) is 0 Å². The molecule has 0 aliphatic carbocycles. The summed E-state index contributed by atoms with van der Waals surface area (Å²) < 4.78 is 24.7. The van der Waals surface area contributed by atoms with Crippen molar-refractivity contribution in [2.45, 2.75) is 50.6 Å². The summed E-state index contributed by atoms with van der Waals surface area (Å²) in [4.78, 5) is 35.6. The highest BCUT2D eigenvalue weighted by atomic mass is 32.2. The van der Waals surface area contributed by atoms with E-state index in [-0.39, 0.29) is 28.9 Å². The lowest BCUT2D eigenvalue weighted by atomic mass is 10.0. The highest BCUT2D eigenvalue weighted by Crippen LogP contribution is 2.12. The van der Waals surface area contributed by atoms with Gasteiger partial charge in [0.1, 0.15) is 12.1 Å². The van der Waals surface area contributed by atoms with Gasteiger partial charge >= 0.3 is 0 Å². The molecule has 0 aliphatic rings. The second-order valence-electron chi connectivity index (χ2n) is 6.77. The maximum Gasteiger partial charge on any atom is 0.243 e. The van der Waals surface area contributed by atoms with Crippen molar-refractivity contribution >= 4 is 27.6 Å². The molecule has 0 heterocycles. The Morgan fingerprint density at radius 3 is 2.11 bits per heavy atom. The lowest BCUT2D eigenvalue weighted by Crippen LogP contribution is -2.53. The van der Waals surface area contributed by atoms with Crippen LogP contribution in [0.2, 0.25) is 0 Å². The lowest BCUT2D eigenvalue weighted by molar-refractivity contribution is -0.131. The van der Waals surface area contributed by atoms with Gasteiger partial charge in [-0.3, -0.25) is 14.4 Å². The molecule has 0 fully saturated rings. The molecule has 3 amide bonds. The first-order chi connectivity index (χ1) is 12.5. The summed E-state index contributed by atoms with van der Waals surface area (Å²) in [6.45, 7) is 5.07. The standard InChI is InChI=1S/C18H27N3O5S/c1-12(2)11-16(20-13(3)22)18(24)21-15(17(19)23)9-10-27(25,26)14-7-5-4-6-8-14/h4-8,12,15-16H,9-11H2,1-3H3,(H2,19,23)(H,20,22)(H,21,24)/t15-,16+/m1/s1. The molecule has 2 atom stereocenters. The van der Waals surface area contributed by atoms with E-state index in [1.54, 1.807) is 18.2 Å². The first-order valence-electron chi connectivity index (χ1n) is 8.67. The quantitative estimate of drug-likeness (QED) is 0.524. The van der Waals surface area contributed by atoms with E-state index < -0.39 is 33.7 Å². The molecule has 1 rings (SSSR count). The van der Waals surface area contributed by atoms with Crippen LogP contribution in [0.15, 0.2) is 35.2 Å². The number of nitrogens with one attached hydrogen (secondary N) is 2. The Labute approximate surface area is 159 Å². The molecule has 1 aromatic rings. The van der Waals surface area contributed by atoms with Crippen LogP contribution in [0, 0.1) is 5.92 Å². The van der Waals surface area contributed by atoms with Crippen LogP contribution in [0.5, 0.6) is 0 Å². The average molecular weight is 397 g/mol. The Balaban J connectivity index is 2.82. The summed E-state index contributed by atoms with van der Waals surface area (Å²) in [5.74, 6) is -2.01. The van der Waals surface area contributed by atoms with Crippen LogP contribution < -0.4 is 16.4 Å². The maximum atomic E-state index is 12.4. The number of sulfone groups is 1. The van der Waals surface area contributed by atoms with Gasteiger partial charge in [-0.05, 0) is 30.9 Å². The van der Waals surface area contributed by atoms with E-state index in [1.807, 2.05) is 13.8 Å². The van der Waals surface area contributed by atoms with Crippen LogP contribution in [0.1, 0.15) is 33.6 Å². The molecule has 0 unspecified atom stereocenters. The lowest BCUT2D eigenvalue weighted by Gasteiger charge is -2.22. The molecule has 8 nitrogen and oxygen atoms in total. The van der Waals surface area contributed by atoms with Crippen LogP contribution in [0.25, 0.3) is 0 Å². The van der Waals surface area contributed by atoms with Gasteiger partial charge in [-0.1, -0.05) is 32.0 Å². The van der Waals surface area contributed by atoms with Crippen LogP contribution in [-0.4, -0.2) is 44.0 Å². The molecule has 0 saturated heterocycles. The normalized spacial score (nSPS) is 13.6. The van der Waals surface area contributed by atoms with Crippen molar-refractivity contribution in [3.05, 3.63) is 30.3 Å². The molecule has 0 aliphatic heterocycles. The second-order valence-corrected chi connectivity index (χ2v) is 8.88. The predicted octanol–water partition coefficient (Wildman–Crippen LogP) is 0.371. The first-order valence-corrected chi connectivity index (χ1v) is 10.3. The van der Waals surface area contributed by atoms with Gasteiger partial charge in [-0.15, -0.1) is 0 Å². The van der Waals surface area contributed by atoms with Gasteiger partial charge in [0.25, 0.3) is 0 Å². The summed E-state index contributed by atoms with van der Waals surface area (Å²) in [5.41, 5.74) is 5.32. The smallest absolute Gasteiger partial charge is 0.243 e. The van der Waals surface area contributed by atoms with E-state index in [9.17, 15) is 22.8 Å². The molecule has 0 radical (unpaired) electrons. The Bertz CT molecular complexity index is 762. The molecule has 0 saturated carbocycles. The molecule has 27 heavy (non-hydrogen) atoms. The van der Waals surface area contributed by atoms with Gasteiger partial charge < -0.3 is 16.4 Å². The number of hydrogen-bond donors (Lipinski definition) is 3. The third kappa shape index (κ3) is 7.78. The monoisotopic (exact) mass is 397 g/mol. The Kier molecular flexibility index (Phi) is 8.42. The van der Waals surface area contributed by atoms with Crippen molar-refractivity contribution in [3.63, 3.8) is 0 Å². The number of benzene rings is 1. The molecule has 0 spiro atoms. The topological polar surface area (TPSA) is 135 Å². The van der Waals surface area contributed by atoms with Crippen molar-refractivity contribution < 1.29 is 22.8 Å². The second kappa shape index (κ2) is 10.1. The zero-order valence-corrected chi connectivity index (χ0v) is 16.6. The third-order valence-electron chi connectivity index (χ3n) is 3.84. The number of carbonyl (C=O) groups is 3. The summed E-state index contributed by atoms with van der Waals surface area (Å²) >= 11 is 0. The van der Waals surface area contributed by atoms with E-state index in [0.717, 1.165) is 0 Å². The minimum Gasteiger partial charge on any atom is -0.368 e. The molecule has 0 aromatic heterocycles. The SMILES string of the molecule is CC(=O)N[C@@H](CC(C)C)C(=O)N[C@H](CCS(=O)(=O)c1ccccc1)C(N)=O. The number of carbonyl (C=O) groups excluding carboxylic acids is 3. The molecule has 9 heteroatoms. The van der Waals surface area contributed by atoms with E-state index in [0.29, 0.717) is 6.42 Å². The highest BCUT2D eigenvalue weighted by molar-refractivity contribution is 7.91. The largest absolute Gasteiger partial charge is 0.368 e. The van der Waals surface area contributed by atoms with Crippen LogP contribution in [-0.2, 0) is 24.2 Å². The first kappa shape index (κ1) is 22.6. The maximum absolute atomic E-state index is 12.4. The molecular weight excluding hydrogens is 370 g/mol. The summed E-state index contributed by atoms with van der Waals surface area (Å²) in [5, 5.41) is 4.99. The zero-order valence-electron chi connectivity index (χ0n) is 15.8. The van der Waals surface area contributed by atoms with Crippen molar-refractivity contribution in [1.82, 2.24) is 10.6 Å². The Morgan fingerprint density at radius 2 is 1.63 bits per heavy atom. The van der Waals surface area contributed by atoms with E-state index in [4.69, 9.17) is 5.73 Å². The number of nitrogens with two attached hydrogens (primary N) is 1. The van der Waals surface area contributed by atoms with Crippen molar-refractivity contribution in [2.75, 3.05) is 5.75 Å². The average Bonchev–Trinajstić information content (AvgIpc) is 2.57. The minimum atomic E-state index is -3.61. The van der Waals surface area contributed by atoms with Gasteiger partial charge in [0.05, 0.1) is 10.6 Å². The van der Waals surface area contributed by atoms with Gasteiger partial charge in [-0.2, -0.15) is 0 Å². The van der Waals surface area contributed by atoms with Crippen LogP contribution in [0.3, 0.4) is 0 Å². The number of hydrogen-bond acceptors (Lipinski definition) is 5. The van der Waals surface area contributed by atoms with E-state index in [1.165, 1.54) is 19.1 Å². The molecule has 1 aromatic carbocycles. The fourth-order valence-corrected chi connectivity index (χ4v) is 3.88. The zero-order chi connectivity index (χ0) is 20.6. The number of rotatable bonds is 10. The predicted molar refractivity (Wildman–Crippen MR) is 101 cm³/mol.